The highest BCUT2D eigenvalue weighted by Gasteiger charge is 2.13. The molecule has 0 unspecified atom stereocenters. The van der Waals surface area contributed by atoms with Crippen molar-refractivity contribution < 1.29 is 9.47 Å². The van der Waals surface area contributed by atoms with Crippen molar-refractivity contribution in [3.8, 4) is 11.5 Å². The third-order valence-electron chi connectivity index (χ3n) is 3.67. The van der Waals surface area contributed by atoms with E-state index in [1.807, 2.05) is 25.4 Å². The zero-order valence-corrected chi connectivity index (χ0v) is 15.0. The molecule has 0 saturated carbocycles. The van der Waals surface area contributed by atoms with Gasteiger partial charge in [-0.15, -0.1) is 11.3 Å². The number of benzene rings is 1. The summed E-state index contributed by atoms with van der Waals surface area (Å²) in [4.78, 5) is 12.0. The first-order valence-corrected chi connectivity index (χ1v) is 8.69. The summed E-state index contributed by atoms with van der Waals surface area (Å²) >= 11 is 1.69. The van der Waals surface area contributed by atoms with Gasteiger partial charge in [0, 0.05) is 31.7 Å². The molecule has 0 spiro atoms. The average Bonchev–Trinajstić information content (AvgIpc) is 3.00. The lowest BCUT2D eigenvalue weighted by molar-refractivity contribution is 0.171. The first-order chi connectivity index (χ1) is 11.7. The summed E-state index contributed by atoms with van der Waals surface area (Å²) in [5, 5.41) is 4.41. The smallest absolute Gasteiger partial charge is 0.194 e. The summed E-state index contributed by atoms with van der Waals surface area (Å²) in [6.45, 7) is 4.68. The Bertz CT molecular complexity index is 729. The lowest BCUT2D eigenvalue weighted by Gasteiger charge is -2.23. The standard InChI is InChI=1S/C17H22N4O2S/c1-12-9-19-16(24-12)10-20-17(18-2)21(3)11-13-4-5-14-15(8-13)23-7-6-22-14/h4-5,8-9H,6-7,10-11H2,1-3H3,(H,18,20). The number of fused-ring (bicyclic) bond motifs is 1. The number of nitrogens with one attached hydrogen (secondary N) is 1. The van der Waals surface area contributed by atoms with Crippen LogP contribution in [0.25, 0.3) is 0 Å². The zero-order valence-electron chi connectivity index (χ0n) is 14.2. The van der Waals surface area contributed by atoms with Crippen LogP contribution < -0.4 is 14.8 Å². The summed E-state index contributed by atoms with van der Waals surface area (Å²) in [6.07, 6.45) is 1.89. The van der Waals surface area contributed by atoms with E-state index < -0.39 is 0 Å². The van der Waals surface area contributed by atoms with Crippen molar-refractivity contribution >= 4 is 17.3 Å². The van der Waals surface area contributed by atoms with Crippen molar-refractivity contribution in [1.82, 2.24) is 15.2 Å². The van der Waals surface area contributed by atoms with Gasteiger partial charge in [-0.3, -0.25) is 4.99 Å². The van der Waals surface area contributed by atoms with Gasteiger partial charge in [0.2, 0.25) is 0 Å². The van der Waals surface area contributed by atoms with Gasteiger partial charge in [0.05, 0.1) is 6.54 Å². The highest BCUT2D eigenvalue weighted by atomic mass is 32.1. The molecular weight excluding hydrogens is 324 g/mol. The number of aromatic nitrogens is 1. The minimum Gasteiger partial charge on any atom is -0.486 e. The van der Waals surface area contributed by atoms with Crippen LogP contribution in [0, 0.1) is 6.92 Å². The van der Waals surface area contributed by atoms with Crippen molar-refractivity contribution in [2.24, 2.45) is 4.99 Å². The van der Waals surface area contributed by atoms with Crippen molar-refractivity contribution in [2.75, 3.05) is 27.3 Å². The van der Waals surface area contributed by atoms with E-state index in [2.05, 4.69) is 33.2 Å². The van der Waals surface area contributed by atoms with Gasteiger partial charge in [-0.2, -0.15) is 0 Å². The molecule has 1 aliphatic rings. The fraction of sp³-hybridized carbons (Fsp3) is 0.412. The number of aryl methyl sites for hydroxylation is 1. The highest BCUT2D eigenvalue weighted by molar-refractivity contribution is 7.11. The van der Waals surface area contributed by atoms with Crippen LogP contribution in [0.2, 0.25) is 0 Å². The van der Waals surface area contributed by atoms with Gasteiger partial charge in [-0.05, 0) is 24.6 Å². The molecule has 24 heavy (non-hydrogen) atoms. The second-order valence-electron chi connectivity index (χ2n) is 5.60. The summed E-state index contributed by atoms with van der Waals surface area (Å²) in [5.74, 6) is 2.46. The molecule has 0 atom stereocenters. The van der Waals surface area contributed by atoms with Crippen molar-refractivity contribution in [3.63, 3.8) is 0 Å². The van der Waals surface area contributed by atoms with Crippen LogP contribution >= 0.6 is 11.3 Å². The molecule has 2 heterocycles. The number of guanidine groups is 1. The maximum atomic E-state index is 5.64. The topological polar surface area (TPSA) is 59.0 Å². The Morgan fingerprint density at radius 3 is 2.83 bits per heavy atom. The van der Waals surface area contributed by atoms with E-state index >= 15 is 0 Å². The quantitative estimate of drug-likeness (QED) is 0.681. The molecule has 0 aliphatic carbocycles. The molecule has 1 aliphatic heterocycles. The third-order valence-corrected chi connectivity index (χ3v) is 4.58. The zero-order chi connectivity index (χ0) is 16.9. The Balaban J connectivity index is 1.61. The van der Waals surface area contributed by atoms with E-state index in [1.54, 1.807) is 18.4 Å². The average molecular weight is 346 g/mol. The van der Waals surface area contributed by atoms with Gasteiger partial charge in [0.15, 0.2) is 17.5 Å². The first kappa shape index (κ1) is 16.6. The van der Waals surface area contributed by atoms with Crippen molar-refractivity contribution in [1.29, 1.82) is 0 Å². The van der Waals surface area contributed by atoms with Crippen LogP contribution in [0.3, 0.4) is 0 Å². The van der Waals surface area contributed by atoms with E-state index in [1.165, 1.54) is 4.88 Å². The molecule has 3 rings (SSSR count). The van der Waals surface area contributed by atoms with Crippen LogP contribution in [0.1, 0.15) is 15.4 Å². The number of aliphatic imine (C=N–C) groups is 1. The second-order valence-corrected chi connectivity index (χ2v) is 6.92. The number of hydrogen-bond donors (Lipinski definition) is 1. The Morgan fingerprint density at radius 1 is 1.33 bits per heavy atom. The maximum absolute atomic E-state index is 5.64. The Kier molecular flexibility index (Phi) is 5.20. The molecule has 1 N–H and O–H groups in total. The number of thiazole rings is 1. The maximum Gasteiger partial charge on any atom is 0.194 e. The van der Waals surface area contributed by atoms with E-state index in [0.717, 1.165) is 34.6 Å². The molecule has 0 fully saturated rings. The van der Waals surface area contributed by atoms with Crippen LogP contribution in [0.15, 0.2) is 29.4 Å². The van der Waals surface area contributed by atoms with Crippen LogP contribution in [0.4, 0.5) is 0 Å². The molecule has 2 aromatic rings. The van der Waals surface area contributed by atoms with E-state index in [4.69, 9.17) is 9.47 Å². The van der Waals surface area contributed by atoms with Gasteiger partial charge < -0.3 is 19.7 Å². The predicted octanol–water partition coefficient (Wildman–Crippen LogP) is 2.43. The summed E-state index contributed by atoms with van der Waals surface area (Å²) in [5.41, 5.74) is 1.15. The van der Waals surface area contributed by atoms with Crippen molar-refractivity contribution in [3.05, 3.63) is 39.8 Å². The summed E-state index contributed by atoms with van der Waals surface area (Å²) < 4.78 is 11.2. The van der Waals surface area contributed by atoms with Crippen LogP contribution in [-0.2, 0) is 13.1 Å². The lowest BCUT2D eigenvalue weighted by atomic mass is 10.2. The number of ether oxygens (including phenoxy) is 2. The molecule has 1 aromatic heterocycles. The van der Waals surface area contributed by atoms with E-state index in [9.17, 15) is 0 Å². The predicted molar refractivity (Wildman–Crippen MR) is 95.9 cm³/mol. The number of rotatable bonds is 4. The fourth-order valence-corrected chi connectivity index (χ4v) is 3.28. The fourth-order valence-electron chi connectivity index (χ4n) is 2.56. The minimum absolute atomic E-state index is 0.600. The van der Waals surface area contributed by atoms with Gasteiger partial charge >= 0.3 is 0 Å². The van der Waals surface area contributed by atoms with E-state index in [-0.39, 0.29) is 0 Å². The van der Waals surface area contributed by atoms with Crippen LogP contribution in [0.5, 0.6) is 11.5 Å². The molecule has 7 heteroatoms. The summed E-state index contributed by atoms with van der Waals surface area (Å²) in [7, 11) is 3.80. The molecule has 1 aromatic carbocycles. The molecule has 6 nitrogen and oxygen atoms in total. The van der Waals surface area contributed by atoms with Gasteiger partial charge in [-0.1, -0.05) is 6.07 Å². The largest absolute Gasteiger partial charge is 0.486 e. The Morgan fingerprint density at radius 2 is 2.12 bits per heavy atom. The molecule has 0 radical (unpaired) electrons. The number of nitrogens with zero attached hydrogens (tertiary/aromatic N) is 3. The van der Waals surface area contributed by atoms with Crippen molar-refractivity contribution in [2.45, 2.75) is 20.0 Å². The summed E-state index contributed by atoms with van der Waals surface area (Å²) in [6, 6.07) is 6.05. The monoisotopic (exact) mass is 346 g/mol. The molecule has 0 bridgehead atoms. The highest BCUT2D eigenvalue weighted by Crippen LogP contribution is 2.31. The van der Waals surface area contributed by atoms with Gasteiger partial charge in [0.1, 0.15) is 18.2 Å². The third kappa shape index (κ3) is 3.97. The minimum atomic E-state index is 0.600. The van der Waals surface area contributed by atoms with Gasteiger partial charge in [0.25, 0.3) is 0 Å². The number of hydrogen-bond acceptors (Lipinski definition) is 5. The first-order valence-electron chi connectivity index (χ1n) is 7.87. The second kappa shape index (κ2) is 7.53. The molecule has 128 valence electrons. The van der Waals surface area contributed by atoms with Crippen LogP contribution in [-0.4, -0.2) is 43.2 Å². The van der Waals surface area contributed by atoms with Gasteiger partial charge in [-0.25, -0.2) is 4.98 Å². The molecular formula is C17H22N4O2S. The normalized spacial score (nSPS) is 13.7. The molecule has 0 amide bonds. The van der Waals surface area contributed by atoms with E-state index in [0.29, 0.717) is 19.8 Å². The lowest BCUT2D eigenvalue weighted by Crippen LogP contribution is -2.38. The Hall–Kier alpha value is -2.28. The molecule has 0 saturated heterocycles. The SMILES string of the molecule is CN=C(NCc1ncc(C)s1)N(C)Cc1ccc2c(c1)OCCO2. The Labute approximate surface area is 146 Å².